The number of aliphatic hydroxyl groups excluding tert-OH is 2. The summed E-state index contributed by atoms with van der Waals surface area (Å²) in [6.45, 7) is 2.92. The first-order valence-corrected chi connectivity index (χ1v) is 5.11. The van der Waals surface area contributed by atoms with Gasteiger partial charge < -0.3 is 24.4 Å². The quantitative estimate of drug-likeness (QED) is 0.633. The van der Waals surface area contributed by atoms with Gasteiger partial charge in [-0.25, -0.2) is 0 Å². The Morgan fingerprint density at radius 2 is 2.12 bits per heavy atom. The molecule has 1 saturated heterocycles. The minimum atomic E-state index is -1.07. The fraction of sp³-hybridized carbons (Fsp3) is 0.900. The highest BCUT2D eigenvalue weighted by Crippen LogP contribution is 2.31. The summed E-state index contributed by atoms with van der Waals surface area (Å²) in [5.74, 6) is -1.32. The van der Waals surface area contributed by atoms with Crippen LogP contribution in [-0.2, 0) is 19.0 Å². The summed E-state index contributed by atoms with van der Waals surface area (Å²) in [6.07, 6.45) is -2.41. The Morgan fingerprint density at radius 3 is 2.62 bits per heavy atom. The molecule has 6 heteroatoms. The molecule has 0 aromatic carbocycles. The molecular formula is C10H18O6. The molecule has 0 bridgehead atoms. The number of esters is 1. The minimum absolute atomic E-state index is 0.0122. The van der Waals surface area contributed by atoms with E-state index in [0.29, 0.717) is 0 Å². The van der Waals surface area contributed by atoms with Crippen LogP contribution in [0.5, 0.6) is 0 Å². The standard InChI is InChI=1S/C10H18O6/c1-10(2)15-7(4-8(13)14-3)9(16-10)6(12)5-11/h6-7,9,11-12H,4-5H2,1-3H3/t6-,7-,9-/m1/s1. The van der Waals surface area contributed by atoms with Crippen LogP contribution in [0.3, 0.4) is 0 Å². The monoisotopic (exact) mass is 234 g/mol. The summed E-state index contributed by atoms with van der Waals surface area (Å²) in [5, 5.41) is 18.4. The van der Waals surface area contributed by atoms with Crippen molar-refractivity contribution in [3.8, 4) is 0 Å². The van der Waals surface area contributed by atoms with Crippen molar-refractivity contribution in [3.63, 3.8) is 0 Å². The predicted octanol–water partition coefficient (Wildman–Crippen LogP) is -0.577. The number of methoxy groups -OCH3 is 1. The third-order valence-electron chi connectivity index (χ3n) is 2.38. The van der Waals surface area contributed by atoms with E-state index >= 15 is 0 Å². The fourth-order valence-electron chi connectivity index (χ4n) is 1.70. The van der Waals surface area contributed by atoms with Gasteiger partial charge >= 0.3 is 5.97 Å². The van der Waals surface area contributed by atoms with Gasteiger partial charge in [0, 0.05) is 0 Å². The van der Waals surface area contributed by atoms with Gasteiger partial charge in [-0.05, 0) is 13.8 Å². The summed E-state index contributed by atoms with van der Waals surface area (Å²) in [4.78, 5) is 11.1. The minimum Gasteiger partial charge on any atom is -0.469 e. The molecule has 16 heavy (non-hydrogen) atoms. The van der Waals surface area contributed by atoms with Crippen molar-refractivity contribution in [1.29, 1.82) is 0 Å². The van der Waals surface area contributed by atoms with Crippen molar-refractivity contribution < 1.29 is 29.2 Å². The molecule has 1 fully saturated rings. The summed E-state index contributed by atoms with van der Waals surface area (Å²) < 4.78 is 15.4. The second kappa shape index (κ2) is 5.09. The van der Waals surface area contributed by atoms with E-state index in [2.05, 4.69) is 4.74 Å². The van der Waals surface area contributed by atoms with Gasteiger partial charge in [0.15, 0.2) is 5.79 Å². The van der Waals surface area contributed by atoms with Crippen molar-refractivity contribution >= 4 is 5.97 Å². The Bertz CT molecular complexity index is 252. The first-order valence-electron chi connectivity index (χ1n) is 5.11. The first kappa shape index (κ1) is 13.4. The van der Waals surface area contributed by atoms with E-state index in [1.54, 1.807) is 13.8 Å². The van der Waals surface area contributed by atoms with E-state index in [1.165, 1.54) is 7.11 Å². The van der Waals surface area contributed by atoms with Crippen LogP contribution in [0.1, 0.15) is 20.3 Å². The Balaban J connectivity index is 2.68. The van der Waals surface area contributed by atoms with Gasteiger partial charge in [-0.1, -0.05) is 0 Å². The Hall–Kier alpha value is -0.690. The molecule has 2 N–H and O–H groups in total. The van der Waals surface area contributed by atoms with E-state index in [9.17, 15) is 9.90 Å². The number of ether oxygens (including phenoxy) is 3. The van der Waals surface area contributed by atoms with Crippen molar-refractivity contribution in [2.75, 3.05) is 13.7 Å². The third kappa shape index (κ3) is 3.15. The smallest absolute Gasteiger partial charge is 0.308 e. The molecule has 1 heterocycles. The average molecular weight is 234 g/mol. The zero-order valence-corrected chi connectivity index (χ0v) is 9.67. The van der Waals surface area contributed by atoms with Gasteiger partial charge in [-0.2, -0.15) is 0 Å². The van der Waals surface area contributed by atoms with Crippen molar-refractivity contribution in [2.45, 2.75) is 44.4 Å². The zero-order chi connectivity index (χ0) is 12.3. The lowest BCUT2D eigenvalue weighted by molar-refractivity contribution is -0.159. The molecular weight excluding hydrogens is 216 g/mol. The van der Waals surface area contributed by atoms with E-state index in [0.717, 1.165) is 0 Å². The molecule has 0 aromatic heterocycles. The molecule has 1 rings (SSSR count). The molecule has 0 aliphatic carbocycles. The molecule has 0 amide bonds. The molecule has 1 aliphatic heterocycles. The Labute approximate surface area is 94.1 Å². The van der Waals surface area contributed by atoms with E-state index in [4.69, 9.17) is 14.6 Å². The van der Waals surface area contributed by atoms with Crippen molar-refractivity contribution in [3.05, 3.63) is 0 Å². The molecule has 0 radical (unpaired) electrons. The van der Waals surface area contributed by atoms with Gasteiger partial charge in [0.25, 0.3) is 0 Å². The normalized spacial score (nSPS) is 30.1. The second-order valence-electron chi connectivity index (χ2n) is 4.17. The molecule has 0 unspecified atom stereocenters. The van der Waals surface area contributed by atoms with Crippen LogP contribution in [-0.4, -0.2) is 54.0 Å². The topological polar surface area (TPSA) is 85.2 Å². The number of hydrogen-bond acceptors (Lipinski definition) is 6. The van der Waals surface area contributed by atoms with Crippen LogP contribution < -0.4 is 0 Å². The number of carbonyl (C=O) groups is 1. The molecule has 1 aliphatic rings. The summed E-state index contributed by atoms with van der Waals surface area (Å²) in [6, 6.07) is 0. The van der Waals surface area contributed by atoms with Gasteiger partial charge in [0.1, 0.15) is 18.3 Å². The molecule has 6 nitrogen and oxygen atoms in total. The van der Waals surface area contributed by atoms with Crippen LogP contribution in [0.15, 0.2) is 0 Å². The SMILES string of the molecule is COC(=O)C[C@H]1OC(C)(C)O[C@@H]1[C@H](O)CO. The number of hydrogen-bond donors (Lipinski definition) is 2. The van der Waals surface area contributed by atoms with Gasteiger partial charge in [-0.3, -0.25) is 4.79 Å². The van der Waals surface area contributed by atoms with Gasteiger partial charge in [0.05, 0.1) is 20.1 Å². The number of rotatable bonds is 4. The second-order valence-corrected chi connectivity index (χ2v) is 4.17. The maximum absolute atomic E-state index is 11.1. The van der Waals surface area contributed by atoms with E-state index in [-0.39, 0.29) is 6.42 Å². The largest absolute Gasteiger partial charge is 0.469 e. The fourth-order valence-corrected chi connectivity index (χ4v) is 1.70. The van der Waals surface area contributed by atoms with Crippen LogP contribution >= 0.6 is 0 Å². The highest BCUT2D eigenvalue weighted by molar-refractivity contribution is 5.69. The van der Waals surface area contributed by atoms with E-state index in [1.807, 2.05) is 0 Å². The van der Waals surface area contributed by atoms with Crippen LogP contribution in [0.2, 0.25) is 0 Å². The molecule has 0 saturated carbocycles. The van der Waals surface area contributed by atoms with Gasteiger partial charge in [-0.15, -0.1) is 0 Å². The van der Waals surface area contributed by atoms with Crippen molar-refractivity contribution in [1.82, 2.24) is 0 Å². The summed E-state index contributed by atoms with van der Waals surface area (Å²) in [5.41, 5.74) is 0. The maximum atomic E-state index is 11.1. The summed E-state index contributed by atoms with van der Waals surface area (Å²) in [7, 11) is 1.28. The highest BCUT2D eigenvalue weighted by Gasteiger charge is 2.45. The molecule has 94 valence electrons. The molecule has 3 atom stereocenters. The molecule has 0 aromatic rings. The predicted molar refractivity (Wildman–Crippen MR) is 53.6 cm³/mol. The van der Waals surface area contributed by atoms with Crippen molar-refractivity contribution in [2.24, 2.45) is 0 Å². The first-order chi connectivity index (χ1) is 7.39. The lowest BCUT2D eigenvalue weighted by atomic mass is 10.1. The highest BCUT2D eigenvalue weighted by atomic mass is 16.8. The van der Waals surface area contributed by atoms with Crippen LogP contribution in [0, 0.1) is 0 Å². The van der Waals surface area contributed by atoms with Crippen LogP contribution in [0.4, 0.5) is 0 Å². The number of aliphatic hydroxyl groups is 2. The number of carbonyl (C=O) groups excluding carboxylic acids is 1. The average Bonchev–Trinajstić information content (AvgIpc) is 2.52. The lowest BCUT2D eigenvalue weighted by Crippen LogP contribution is -2.38. The summed E-state index contributed by atoms with van der Waals surface area (Å²) >= 11 is 0. The van der Waals surface area contributed by atoms with Crippen LogP contribution in [0.25, 0.3) is 0 Å². The molecule has 0 spiro atoms. The maximum Gasteiger partial charge on any atom is 0.308 e. The zero-order valence-electron chi connectivity index (χ0n) is 9.67. The third-order valence-corrected chi connectivity index (χ3v) is 2.38. The Kier molecular flexibility index (Phi) is 4.26. The Morgan fingerprint density at radius 1 is 1.50 bits per heavy atom. The lowest BCUT2D eigenvalue weighted by Gasteiger charge is -2.20. The van der Waals surface area contributed by atoms with Gasteiger partial charge in [0.2, 0.25) is 0 Å². The van der Waals surface area contributed by atoms with E-state index < -0.39 is 36.7 Å².